The quantitative estimate of drug-likeness (QED) is 0.200. The minimum absolute atomic E-state index is 0.0459. The molecular weight excluding hydrogens is 502 g/mol. The molecule has 2 aromatic carbocycles. The molecule has 6 N–H and O–H groups in total. The van der Waals surface area contributed by atoms with Crippen molar-refractivity contribution in [2.75, 3.05) is 19.4 Å². The molecule has 1 heterocycles. The minimum Gasteiger partial charge on any atom is -0.491 e. The normalized spacial score (nSPS) is 18.1. The SMILES string of the molecule is CS(=O)(=O)N[C@H](COc1cccc(C(=O)O)c1)C(=O)N1CC(C(=N)N)C[C@H]1C(=O)NCc1ccccc1. The van der Waals surface area contributed by atoms with E-state index in [9.17, 15) is 22.8 Å². The number of amidine groups is 1. The number of hydrogen-bond donors (Lipinski definition) is 5. The van der Waals surface area contributed by atoms with Crippen LogP contribution in [0.3, 0.4) is 0 Å². The molecule has 0 saturated carbocycles. The van der Waals surface area contributed by atoms with Gasteiger partial charge in [0.25, 0.3) is 0 Å². The predicted molar refractivity (Wildman–Crippen MR) is 134 cm³/mol. The molecule has 2 amide bonds. The lowest BCUT2D eigenvalue weighted by molar-refractivity contribution is -0.140. The van der Waals surface area contributed by atoms with Crippen LogP contribution in [0.2, 0.25) is 0 Å². The average molecular weight is 532 g/mol. The Morgan fingerprint density at radius 2 is 1.89 bits per heavy atom. The zero-order chi connectivity index (χ0) is 27.2. The van der Waals surface area contributed by atoms with E-state index in [1.54, 1.807) is 0 Å². The average Bonchev–Trinajstić information content (AvgIpc) is 3.31. The fourth-order valence-corrected chi connectivity index (χ4v) is 4.65. The van der Waals surface area contributed by atoms with E-state index in [0.29, 0.717) is 0 Å². The largest absolute Gasteiger partial charge is 0.491 e. The zero-order valence-electron chi connectivity index (χ0n) is 20.1. The molecule has 0 spiro atoms. The first-order chi connectivity index (χ1) is 17.4. The molecule has 0 aliphatic carbocycles. The third-order valence-electron chi connectivity index (χ3n) is 5.79. The molecule has 0 radical (unpaired) electrons. The number of benzene rings is 2. The van der Waals surface area contributed by atoms with Crippen LogP contribution in [0.1, 0.15) is 22.3 Å². The number of amides is 2. The van der Waals surface area contributed by atoms with Crippen LogP contribution in [0.4, 0.5) is 0 Å². The van der Waals surface area contributed by atoms with Crippen molar-refractivity contribution in [1.82, 2.24) is 14.9 Å². The van der Waals surface area contributed by atoms with E-state index in [0.717, 1.165) is 11.8 Å². The number of sulfonamides is 1. The second kappa shape index (κ2) is 11.8. The smallest absolute Gasteiger partial charge is 0.335 e. The van der Waals surface area contributed by atoms with E-state index in [1.165, 1.54) is 29.2 Å². The number of carbonyl (C=O) groups is 3. The number of carbonyl (C=O) groups excluding carboxylic acids is 2. The molecule has 0 bridgehead atoms. The molecular formula is C24H29N5O7S. The number of aromatic carboxylic acids is 1. The summed E-state index contributed by atoms with van der Waals surface area (Å²) in [7, 11) is -3.88. The number of nitrogens with zero attached hydrogens (tertiary/aromatic N) is 1. The summed E-state index contributed by atoms with van der Waals surface area (Å²) in [5.41, 5.74) is 6.47. The van der Waals surface area contributed by atoms with Crippen LogP contribution in [-0.2, 0) is 26.2 Å². The summed E-state index contributed by atoms with van der Waals surface area (Å²) in [5.74, 6) is -3.02. The summed E-state index contributed by atoms with van der Waals surface area (Å²) >= 11 is 0. The van der Waals surface area contributed by atoms with Gasteiger partial charge in [-0.05, 0) is 30.2 Å². The van der Waals surface area contributed by atoms with Gasteiger partial charge in [-0.1, -0.05) is 36.4 Å². The maximum Gasteiger partial charge on any atom is 0.335 e. The predicted octanol–water partition coefficient (Wildman–Crippen LogP) is 0.151. The highest BCUT2D eigenvalue weighted by molar-refractivity contribution is 7.88. The lowest BCUT2D eigenvalue weighted by Gasteiger charge is -2.28. The minimum atomic E-state index is -3.88. The molecule has 0 aromatic heterocycles. The second-order valence-electron chi connectivity index (χ2n) is 8.68. The molecule has 37 heavy (non-hydrogen) atoms. The molecule has 2 aromatic rings. The van der Waals surface area contributed by atoms with Crippen molar-refractivity contribution >= 4 is 33.6 Å². The van der Waals surface area contributed by atoms with Crippen LogP contribution in [0, 0.1) is 11.3 Å². The Hall–Kier alpha value is -3.97. The maximum atomic E-state index is 13.5. The van der Waals surface area contributed by atoms with E-state index in [4.69, 9.17) is 21.0 Å². The molecule has 3 atom stereocenters. The lowest BCUT2D eigenvalue weighted by atomic mass is 10.0. The molecule has 12 nitrogen and oxygen atoms in total. The molecule has 1 fully saturated rings. The van der Waals surface area contributed by atoms with Crippen molar-refractivity contribution in [3.8, 4) is 5.75 Å². The van der Waals surface area contributed by atoms with E-state index in [1.807, 2.05) is 30.3 Å². The lowest BCUT2D eigenvalue weighted by Crippen LogP contribution is -2.55. The van der Waals surface area contributed by atoms with Gasteiger partial charge >= 0.3 is 5.97 Å². The Kier molecular flexibility index (Phi) is 8.84. The van der Waals surface area contributed by atoms with Gasteiger partial charge in [0.15, 0.2) is 0 Å². The van der Waals surface area contributed by atoms with Crippen molar-refractivity contribution in [2.45, 2.75) is 25.0 Å². The number of rotatable bonds is 11. The number of nitrogens with one attached hydrogen (secondary N) is 3. The van der Waals surface area contributed by atoms with Crippen LogP contribution >= 0.6 is 0 Å². The molecule has 1 aliphatic heterocycles. The first-order valence-electron chi connectivity index (χ1n) is 11.3. The summed E-state index contributed by atoms with van der Waals surface area (Å²) in [5, 5.41) is 19.8. The summed E-state index contributed by atoms with van der Waals surface area (Å²) < 4.78 is 31.8. The topological polar surface area (TPSA) is 192 Å². The summed E-state index contributed by atoms with van der Waals surface area (Å²) in [4.78, 5) is 39.0. The first-order valence-corrected chi connectivity index (χ1v) is 13.2. The molecule has 1 aliphatic rings. The number of ether oxygens (including phenoxy) is 1. The number of likely N-dealkylation sites (tertiary alicyclic amines) is 1. The Balaban J connectivity index is 1.79. The number of hydrogen-bond acceptors (Lipinski definition) is 7. The highest BCUT2D eigenvalue weighted by Gasteiger charge is 2.43. The van der Waals surface area contributed by atoms with Gasteiger partial charge in [-0.2, -0.15) is 4.72 Å². The summed E-state index contributed by atoms with van der Waals surface area (Å²) in [6, 6.07) is 12.3. The zero-order valence-corrected chi connectivity index (χ0v) is 20.9. The number of carboxylic acids is 1. The van der Waals surface area contributed by atoms with Gasteiger partial charge in [-0.25, -0.2) is 13.2 Å². The molecule has 198 valence electrons. The van der Waals surface area contributed by atoms with Crippen LogP contribution in [-0.4, -0.2) is 73.5 Å². The van der Waals surface area contributed by atoms with Crippen LogP contribution < -0.4 is 20.5 Å². The highest BCUT2D eigenvalue weighted by Crippen LogP contribution is 2.25. The van der Waals surface area contributed by atoms with E-state index in [2.05, 4.69) is 10.0 Å². The Labute approximate surface area is 214 Å². The Bertz CT molecular complexity index is 1270. The fraction of sp³-hybridized carbons (Fsp3) is 0.333. The second-order valence-corrected chi connectivity index (χ2v) is 10.5. The van der Waals surface area contributed by atoms with Crippen molar-refractivity contribution in [3.63, 3.8) is 0 Å². The molecule has 3 rings (SSSR count). The van der Waals surface area contributed by atoms with Gasteiger partial charge in [0.2, 0.25) is 21.8 Å². The van der Waals surface area contributed by atoms with Crippen LogP contribution in [0.15, 0.2) is 54.6 Å². The molecule has 13 heteroatoms. The van der Waals surface area contributed by atoms with Crippen LogP contribution in [0.25, 0.3) is 0 Å². The van der Waals surface area contributed by atoms with Gasteiger partial charge < -0.3 is 25.8 Å². The van der Waals surface area contributed by atoms with E-state index < -0.39 is 52.4 Å². The standard InChI is InChI=1S/C24H29N5O7S/c1-37(34,35)28-19(14-36-18-9-5-8-16(10-18)24(32)33)23(31)29-13-17(21(25)26)11-20(29)22(30)27-12-15-6-3-2-4-7-15/h2-10,17,19-20,28H,11-14H2,1H3,(H3,25,26)(H,27,30)(H,32,33)/t17?,19-,20+/m1/s1. The van der Waals surface area contributed by atoms with E-state index >= 15 is 0 Å². The van der Waals surface area contributed by atoms with Gasteiger partial charge in [-0.15, -0.1) is 0 Å². The van der Waals surface area contributed by atoms with Gasteiger partial charge in [0, 0.05) is 19.0 Å². The molecule has 1 unspecified atom stereocenters. The van der Waals surface area contributed by atoms with Gasteiger partial charge in [-0.3, -0.25) is 15.0 Å². The number of nitrogens with two attached hydrogens (primary N) is 1. The van der Waals surface area contributed by atoms with Gasteiger partial charge in [0.1, 0.15) is 24.4 Å². The third kappa shape index (κ3) is 7.75. The molecule has 1 saturated heterocycles. The van der Waals surface area contributed by atoms with Crippen molar-refractivity contribution < 1.29 is 32.6 Å². The summed E-state index contributed by atoms with van der Waals surface area (Å²) in [6.07, 6.45) is 0.986. The first kappa shape index (κ1) is 27.6. The monoisotopic (exact) mass is 531 g/mol. The third-order valence-corrected chi connectivity index (χ3v) is 6.50. The Morgan fingerprint density at radius 3 is 2.51 bits per heavy atom. The van der Waals surface area contributed by atoms with Crippen LogP contribution in [0.5, 0.6) is 5.75 Å². The van der Waals surface area contributed by atoms with Crippen molar-refractivity contribution in [2.24, 2.45) is 11.7 Å². The number of carboxylic acid groups (broad SMARTS) is 1. The van der Waals surface area contributed by atoms with Gasteiger partial charge in [0.05, 0.1) is 17.7 Å². The highest BCUT2D eigenvalue weighted by atomic mass is 32.2. The van der Waals surface area contributed by atoms with E-state index in [-0.39, 0.29) is 36.7 Å². The Morgan fingerprint density at radius 1 is 1.19 bits per heavy atom. The van der Waals surface area contributed by atoms with Crippen molar-refractivity contribution in [3.05, 3.63) is 65.7 Å². The maximum absolute atomic E-state index is 13.5. The van der Waals surface area contributed by atoms with Crippen molar-refractivity contribution in [1.29, 1.82) is 5.41 Å². The fourth-order valence-electron chi connectivity index (χ4n) is 3.97. The summed E-state index contributed by atoms with van der Waals surface area (Å²) in [6.45, 7) is -0.292.